The predicted molar refractivity (Wildman–Crippen MR) is 46.6 cm³/mol. The number of hydrogen-bond acceptors (Lipinski definition) is 3. The van der Waals surface area contributed by atoms with E-state index in [1.165, 1.54) is 6.07 Å². The zero-order chi connectivity index (χ0) is 8.97. The van der Waals surface area contributed by atoms with E-state index in [9.17, 15) is 9.59 Å². The van der Waals surface area contributed by atoms with Crippen molar-refractivity contribution in [2.75, 3.05) is 0 Å². The number of benzene rings is 1. The van der Waals surface area contributed by atoms with Crippen molar-refractivity contribution in [1.82, 2.24) is 0 Å². The molecule has 0 fully saturated rings. The predicted octanol–water partition coefficient (Wildman–Crippen LogP) is -0.739. The normalized spacial score (nSPS) is 9.33. The highest BCUT2D eigenvalue weighted by Crippen LogP contribution is 2.17. The highest BCUT2D eigenvalue weighted by molar-refractivity contribution is 6.02. The van der Waals surface area contributed by atoms with E-state index in [0.29, 0.717) is 16.2 Å². The summed E-state index contributed by atoms with van der Waals surface area (Å²) >= 11 is 0. The second kappa shape index (κ2) is 3.82. The molecule has 2 radical (unpaired) electrons. The largest absolute Gasteiger partial charge is 0.553 e. The van der Waals surface area contributed by atoms with Crippen LogP contribution in [0.25, 0.3) is 0 Å². The SMILES string of the molecule is O=[C]c1cccc(O[SiH3])c1[C]=O. The van der Waals surface area contributed by atoms with Crippen LogP contribution in [0.3, 0.4) is 0 Å². The molecule has 0 heterocycles. The monoisotopic (exact) mass is 178 g/mol. The molecule has 0 saturated heterocycles. The van der Waals surface area contributed by atoms with Crippen LogP contribution in [-0.2, 0) is 9.59 Å². The summed E-state index contributed by atoms with van der Waals surface area (Å²) in [4.78, 5) is 20.7. The van der Waals surface area contributed by atoms with Crippen molar-refractivity contribution in [3.63, 3.8) is 0 Å². The molecule has 4 heteroatoms. The Kier molecular flexibility index (Phi) is 2.76. The quantitative estimate of drug-likeness (QED) is 0.573. The molecule has 0 saturated carbocycles. The Balaban J connectivity index is 3.31. The van der Waals surface area contributed by atoms with Gasteiger partial charge in [0.2, 0.25) is 23.1 Å². The fraction of sp³-hybridized carbons (Fsp3) is 0. The van der Waals surface area contributed by atoms with Crippen molar-refractivity contribution in [3.05, 3.63) is 29.3 Å². The van der Waals surface area contributed by atoms with Crippen molar-refractivity contribution >= 4 is 23.1 Å². The molecule has 0 aliphatic rings. The van der Waals surface area contributed by atoms with Crippen LogP contribution in [0.2, 0.25) is 0 Å². The molecule has 0 aromatic heterocycles. The van der Waals surface area contributed by atoms with Crippen LogP contribution < -0.4 is 4.43 Å². The topological polar surface area (TPSA) is 43.4 Å². The smallest absolute Gasteiger partial charge is 0.238 e. The first kappa shape index (κ1) is 8.67. The molecule has 0 bridgehead atoms. The summed E-state index contributed by atoms with van der Waals surface area (Å²) in [6, 6.07) is 4.75. The van der Waals surface area contributed by atoms with Gasteiger partial charge in [-0.3, -0.25) is 9.59 Å². The van der Waals surface area contributed by atoms with Crippen molar-refractivity contribution in [3.8, 4) is 5.75 Å². The third kappa shape index (κ3) is 1.43. The van der Waals surface area contributed by atoms with Crippen molar-refractivity contribution in [2.45, 2.75) is 0 Å². The fourth-order valence-corrected chi connectivity index (χ4v) is 1.23. The third-order valence-electron chi connectivity index (χ3n) is 1.46. The summed E-state index contributed by atoms with van der Waals surface area (Å²) in [5, 5.41) is 0. The van der Waals surface area contributed by atoms with Crippen LogP contribution >= 0.6 is 0 Å². The van der Waals surface area contributed by atoms with Gasteiger partial charge in [-0.05, 0) is 12.1 Å². The van der Waals surface area contributed by atoms with E-state index < -0.39 is 0 Å². The average molecular weight is 178 g/mol. The zero-order valence-corrected chi connectivity index (χ0v) is 8.46. The Morgan fingerprint density at radius 2 is 2.00 bits per heavy atom. The summed E-state index contributed by atoms with van der Waals surface area (Å²) < 4.78 is 4.98. The highest BCUT2D eigenvalue weighted by atomic mass is 28.2. The maximum Gasteiger partial charge on any atom is 0.238 e. The van der Waals surface area contributed by atoms with Gasteiger partial charge in [-0.15, -0.1) is 0 Å². The van der Waals surface area contributed by atoms with Crippen LogP contribution in [0.1, 0.15) is 11.1 Å². The van der Waals surface area contributed by atoms with Gasteiger partial charge in [-0.25, -0.2) is 0 Å². The Hall–Kier alpha value is -1.42. The van der Waals surface area contributed by atoms with Crippen LogP contribution in [-0.4, -0.2) is 23.1 Å². The van der Waals surface area contributed by atoms with Gasteiger partial charge in [0.25, 0.3) is 0 Å². The second-order valence-corrected chi connectivity index (χ2v) is 2.50. The van der Waals surface area contributed by atoms with E-state index in [1.807, 2.05) is 0 Å². The Morgan fingerprint density at radius 1 is 1.25 bits per heavy atom. The van der Waals surface area contributed by atoms with E-state index in [2.05, 4.69) is 0 Å². The summed E-state index contributed by atoms with van der Waals surface area (Å²) in [5.41, 5.74) is 0.348. The molecule has 0 amide bonds. The van der Waals surface area contributed by atoms with Crippen LogP contribution in [0, 0.1) is 0 Å². The summed E-state index contributed by atoms with van der Waals surface area (Å²) in [7, 11) is 0.471. The van der Waals surface area contributed by atoms with Gasteiger partial charge in [0.1, 0.15) is 5.75 Å². The van der Waals surface area contributed by atoms with Crippen molar-refractivity contribution < 1.29 is 14.0 Å². The third-order valence-corrected chi connectivity index (χ3v) is 1.90. The van der Waals surface area contributed by atoms with E-state index in [-0.39, 0.29) is 11.1 Å². The molecule has 1 aromatic rings. The molecule has 12 heavy (non-hydrogen) atoms. The molecule has 1 aromatic carbocycles. The molecular formula is C8H6O3Si. The van der Waals surface area contributed by atoms with Crippen molar-refractivity contribution in [1.29, 1.82) is 0 Å². The van der Waals surface area contributed by atoms with E-state index >= 15 is 0 Å². The van der Waals surface area contributed by atoms with Gasteiger partial charge in [0, 0.05) is 5.56 Å². The minimum absolute atomic E-state index is 0.155. The molecule has 0 spiro atoms. The Labute approximate surface area is 72.9 Å². The van der Waals surface area contributed by atoms with Crippen molar-refractivity contribution in [2.24, 2.45) is 0 Å². The molecule has 0 aliphatic heterocycles. The molecular weight excluding hydrogens is 172 g/mol. The molecule has 0 aliphatic carbocycles. The maximum atomic E-state index is 10.4. The summed E-state index contributed by atoms with van der Waals surface area (Å²) in [5.74, 6) is 0.400. The molecule has 60 valence electrons. The first-order valence-corrected chi connectivity index (χ1v) is 4.08. The van der Waals surface area contributed by atoms with E-state index in [0.717, 1.165) is 0 Å². The van der Waals surface area contributed by atoms with Gasteiger partial charge in [0.15, 0.2) is 0 Å². The highest BCUT2D eigenvalue weighted by Gasteiger charge is 2.07. The first-order valence-electron chi connectivity index (χ1n) is 3.26. The lowest BCUT2D eigenvalue weighted by Gasteiger charge is -2.03. The first-order chi connectivity index (χ1) is 5.83. The molecule has 1 rings (SSSR count). The van der Waals surface area contributed by atoms with Gasteiger partial charge in [0.05, 0.1) is 5.56 Å². The number of carbonyl (C=O) groups excluding carboxylic acids is 2. The zero-order valence-electron chi connectivity index (χ0n) is 6.46. The number of hydrogen-bond donors (Lipinski definition) is 0. The lowest BCUT2D eigenvalue weighted by molar-refractivity contribution is 0.554. The Bertz CT molecular complexity index is 309. The van der Waals surface area contributed by atoms with Gasteiger partial charge >= 0.3 is 0 Å². The lowest BCUT2D eigenvalue weighted by atomic mass is 10.1. The van der Waals surface area contributed by atoms with Crippen LogP contribution in [0.4, 0.5) is 0 Å². The Morgan fingerprint density at radius 3 is 2.50 bits per heavy atom. The molecule has 3 nitrogen and oxygen atoms in total. The van der Waals surface area contributed by atoms with Crippen LogP contribution in [0.15, 0.2) is 18.2 Å². The van der Waals surface area contributed by atoms with Gasteiger partial charge in [-0.2, -0.15) is 0 Å². The van der Waals surface area contributed by atoms with Gasteiger partial charge in [-0.1, -0.05) is 6.07 Å². The summed E-state index contributed by atoms with van der Waals surface area (Å²) in [6.45, 7) is 0. The van der Waals surface area contributed by atoms with E-state index in [4.69, 9.17) is 4.43 Å². The molecule has 0 N–H and O–H groups in total. The molecule has 0 atom stereocenters. The number of rotatable bonds is 3. The lowest BCUT2D eigenvalue weighted by Crippen LogP contribution is -1.96. The second-order valence-electron chi connectivity index (χ2n) is 2.09. The maximum absolute atomic E-state index is 10.4. The fourth-order valence-electron chi connectivity index (χ4n) is 0.892. The van der Waals surface area contributed by atoms with Gasteiger partial charge < -0.3 is 4.43 Å². The van der Waals surface area contributed by atoms with Crippen LogP contribution in [0.5, 0.6) is 5.75 Å². The standard InChI is InChI=1S/C8H6O3Si/c9-4-6-2-1-3-8(11-12)7(6)5-10/h1-3H,12H3. The minimum Gasteiger partial charge on any atom is -0.553 e. The summed E-state index contributed by atoms with van der Waals surface area (Å²) in [6.07, 6.45) is 3.29. The van der Waals surface area contributed by atoms with E-state index in [1.54, 1.807) is 24.7 Å². The average Bonchev–Trinajstić information content (AvgIpc) is 2.16. The minimum atomic E-state index is 0.155. The molecule has 0 unspecified atom stereocenters.